The largest absolute Gasteiger partial charge is 0.492 e. The number of ether oxygens (including phenoxy) is 2. The monoisotopic (exact) mass is 444 g/mol. The molecule has 30 heavy (non-hydrogen) atoms. The van der Waals surface area contributed by atoms with Gasteiger partial charge in [-0.05, 0) is 49.2 Å². The maximum Gasteiger partial charge on any atom is 0.281 e. The van der Waals surface area contributed by atoms with E-state index in [1.165, 1.54) is 24.2 Å². The van der Waals surface area contributed by atoms with Gasteiger partial charge in [0, 0.05) is 44.2 Å². The van der Waals surface area contributed by atoms with E-state index in [-0.39, 0.29) is 0 Å². The molecule has 2 aliphatic rings. The molecule has 2 aliphatic heterocycles. The summed E-state index contributed by atoms with van der Waals surface area (Å²) >= 11 is 1.48. The fraction of sp³-hybridized carbons (Fsp3) is 0.429. The van der Waals surface area contributed by atoms with Crippen LogP contribution in [0.25, 0.3) is 10.3 Å². The van der Waals surface area contributed by atoms with Crippen molar-refractivity contribution >= 4 is 32.7 Å². The normalized spacial score (nSPS) is 23.0. The van der Waals surface area contributed by atoms with Crippen molar-refractivity contribution in [2.24, 2.45) is 0 Å². The molecule has 0 saturated carbocycles. The Morgan fingerprint density at radius 3 is 2.57 bits per heavy atom. The summed E-state index contributed by atoms with van der Waals surface area (Å²) in [5, 5.41) is 0.583. The van der Waals surface area contributed by atoms with E-state index in [4.69, 9.17) is 9.47 Å². The number of thiazole rings is 1. The van der Waals surface area contributed by atoms with Crippen LogP contribution in [0.2, 0.25) is 0 Å². The molecule has 0 N–H and O–H groups in total. The van der Waals surface area contributed by atoms with Crippen LogP contribution in [0, 0.1) is 0 Å². The van der Waals surface area contributed by atoms with Gasteiger partial charge in [-0.3, -0.25) is 4.90 Å². The average molecular weight is 445 g/mol. The molecule has 2 bridgehead atoms. The lowest BCUT2D eigenvalue weighted by atomic mass is 10.2. The molecule has 158 valence electrons. The second kappa shape index (κ2) is 8.58. The lowest BCUT2D eigenvalue weighted by Gasteiger charge is -2.39. The molecular weight excluding hydrogens is 420 g/mol. The van der Waals surface area contributed by atoms with Crippen LogP contribution in [0.15, 0.2) is 42.6 Å². The molecule has 2 saturated heterocycles. The molecule has 1 aromatic carbocycles. The van der Waals surface area contributed by atoms with Crippen molar-refractivity contribution in [1.29, 1.82) is 0 Å². The zero-order valence-corrected chi connectivity index (χ0v) is 18.4. The highest BCUT2D eigenvalue weighted by atomic mass is 32.2. The van der Waals surface area contributed by atoms with Crippen molar-refractivity contribution in [3.63, 3.8) is 0 Å². The van der Waals surface area contributed by atoms with Crippen molar-refractivity contribution in [2.45, 2.75) is 24.9 Å². The van der Waals surface area contributed by atoms with E-state index >= 15 is 0 Å². The van der Waals surface area contributed by atoms with E-state index in [2.05, 4.69) is 19.2 Å². The van der Waals surface area contributed by atoms with E-state index in [1.807, 2.05) is 36.4 Å². The number of piperazine rings is 1. The zero-order chi connectivity index (χ0) is 20.5. The van der Waals surface area contributed by atoms with Gasteiger partial charge in [0.1, 0.15) is 18.1 Å². The Balaban J connectivity index is 1.13. The van der Waals surface area contributed by atoms with Gasteiger partial charge in [0.15, 0.2) is 5.65 Å². The Kier molecular flexibility index (Phi) is 5.68. The molecule has 1 unspecified atom stereocenters. The molecule has 4 heterocycles. The van der Waals surface area contributed by atoms with Gasteiger partial charge < -0.3 is 9.47 Å². The Hall–Kier alpha value is -2.07. The standard InChI is InChI=1S/C21H24N4O3S2/c1-30(26)24-13-15-4-5-16(14-24)25(15)11-12-27-17-6-8-18(9-7-17)28-21-23-20-19(29-21)3-2-10-22-20/h2-3,6-10,15-16H,4-5,11-14H2,1H3/t15-,16+,30?. The first-order chi connectivity index (χ1) is 14.7. The van der Waals surface area contributed by atoms with Crippen LogP contribution >= 0.6 is 11.3 Å². The summed E-state index contributed by atoms with van der Waals surface area (Å²) in [6, 6.07) is 12.5. The van der Waals surface area contributed by atoms with E-state index in [9.17, 15) is 4.21 Å². The third-order valence-corrected chi connectivity index (χ3v) is 7.67. The van der Waals surface area contributed by atoms with Crippen molar-refractivity contribution in [3.8, 4) is 16.7 Å². The Morgan fingerprint density at radius 1 is 1.13 bits per heavy atom. The molecule has 2 aromatic heterocycles. The smallest absolute Gasteiger partial charge is 0.281 e. The molecule has 0 radical (unpaired) electrons. The fourth-order valence-corrected chi connectivity index (χ4v) is 5.85. The van der Waals surface area contributed by atoms with Crippen LogP contribution in [0.5, 0.6) is 16.7 Å². The second-order valence-electron chi connectivity index (χ2n) is 7.62. The van der Waals surface area contributed by atoms with E-state index in [0.29, 0.717) is 29.5 Å². The van der Waals surface area contributed by atoms with Crippen molar-refractivity contribution in [1.82, 2.24) is 19.2 Å². The number of aromatic nitrogens is 2. The topological polar surface area (TPSA) is 67.8 Å². The van der Waals surface area contributed by atoms with Crippen LogP contribution < -0.4 is 9.47 Å². The number of benzene rings is 1. The first-order valence-corrected chi connectivity index (χ1v) is 12.5. The minimum absolute atomic E-state index is 0.496. The minimum atomic E-state index is -0.870. The minimum Gasteiger partial charge on any atom is -0.492 e. The first-order valence-electron chi connectivity index (χ1n) is 10.1. The fourth-order valence-electron chi connectivity index (χ4n) is 4.29. The van der Waals surface area contributed by atoms with E-state index < -0.39 is 11.0 Å². The summed E-state index contributed by atoms with van der Waals surface area (Å²) in [6.07, 6.45) is 5.88. The predicted molar refractivity (Wildman–Crippen MR) is 119 cm³/mol. The van der Waals surface area contributed by atoms with E-state index in [1.54, 1.807) is 12.5 Å². The third-order valence-electron chi connectivity index (χ3n) is 5.76. The van der Waals surface area contributed by atoms with Crippen LogP contribution in [-0.4, -0.2) is 68.0 Å². The van der Waals surface area contributed by atoms with Gasteiger partial charge in [-0.1, -0.05) is 11.3 Å². The average Bonchev–Trinajstić information content (AvgIpc) is 3.25. The van der Waals surface area contributed by atoms with Crippen molar-refractivity contribution < 1.29 is 13.7 Å². The highest BCUT2D eigenvalue weighted by Gasteiger charge is 2.40. The van der Waals surface area contributed by atoms with Crippen LogP contribution in [-0.2, 0) is 11.0 Å². The van der Waals surface area contributed by atoms with Crippen LogP contribution in [0.1, 0.15) is 12.8 Å². The Bertz CT molecular complexity index is 995. The van der Waals surface area contributed by atoms with Gasteiger partial charge in [0.05, 0.1) is 15.7 Å². The van der Waals surface area contributed by atoms with Gasteiger partial charge in [-0.15, -0.1) is 0 Å². The Morgan fingerprint density at radius 2 is 1.87 bits per heavy atom. The van der Waals surface area contributed by atoms with Gasteiger partial charge in [-0.2, -0.15) is 4.98 Å². The van der Waals surface area contributed by atoms with Crippen LogP contribution in [0.4, 0.5) is 0 Å². The summed E-state index contributed by atoms with van der Waals surface area (Å²) in [4.78, 5) is 11.2. The molecular formula is C21H24N4O3S2. The number of hydrogen-bond acceptors (Lipinski definition) is 7. The molecule has 0 aliphatic carbocycles. The SMILES string of the molecule is CS(=O)N1C[C@H]2CC[C@@H](C1)N2CCOc1ccc(Oc2nc3ncccc3s2)cc1. The maximum absolute atomic E-state index is 11.8. The quantitative estimate of drug-likeness (QED) is 0.557. The molecule has 7 nitrogen and oxygen atoms in total. The maximum atomic E-state index is 11.8. The highest BCUT2D eigenvalue weighted by Crippen LogP contribution is 2.32. The first kappa shape index (κ1) is 19.9. The van der Waals surface area contributed by atoms with Crippen LogP contribution in [0.3, 0.4) is 0 Å². The third kappa shape index (κ3) is 4.20. The lowest BCUT2D eigenvalue weighted by Crippen LogP contribution is -2.54. The summed E-state index contributed by atoms with van der Waals surface area (Å²) in [7, 11) is -0.870. The summed E-state index contributed by atoms with van der Waals surface area (Å²) in [6.45, 7) is 3.34. The molecule has 0 amide bonds. The molecule has 2 fully saturated rings. The van der Waals surface area contributed by atoms with Gasteiger partial charge >= 0.3 is 0 Å². The van der Waals surface area contributed by atoms with Gasteiger partial charge in [0.2, 0.25) is 0 Å². The summed E-state index contributed by atoms with van der Waals surface area (Å²) in [5.41, 5.74) is 0.706. The van der Waals surface area contributed by atoms with E-state index in [0.717, 1.165) is 35.8 Å². The van der Waals surface area contributed by atoms with Gasteiger partial charge in [-0.25, -0.2) is 13.5 Å². The number of hydrogen-bond donors (Lipinski definition) is 0. The summed E-state index contributed by atoms with van der Waals surface area (Å²) < 4.78 is 26.7. The predicted octanol–water partition coefficient (Wildman–Crippen LogP) is 3.30. The molecule has 3 atom stereocenters. The lowest BCUT2D eigenvalue weighted by molar-refractivity contribution is 0.0951. The Labute approximate surface area is 182 Å². The number of nitrogens with zero attached hydrogens (tertiary/aromatic N) is 4. The number of fused-ring (bicyclic) bond motifs is 3. The zero-order valence-electron chi connectivity index (χ0n) is 16.8. The molecule has 0 spiro atoms. The summed E-state index contributed by atoms with van der Waals surface area (Å²) in [5.74, 6) is 1.55. The second-order valence-corrected chi connectivity index (χ2v) is 9.98. The molecule has 5 rings (SSSR count). The molecule has 3 aromatic rings. The highest BCUT2D eigenvalue weighted by molar-refractivity contribution is 7.81. The van der Waals surface area contributed by atoms with Gasteiger partial charge in [0.25, 0.3) is 5.19 Å². The van der Waals surface area contributed by atoms with Crippen molar-refractivity contribution in [2.75, 3.05) is 32.5 Å². The number of pyridine rings is 1. The van der Waals surface area contributed by atoms with Crippen molar-refractivity contribution in [3.05, 3.63) is 42.6 Å². The molecule has 9 heteroatoms. The number of rotatable bonds is 7.